The minimum Gasteiger partial charge on any atom is -0.256 e. The van der Waals surface area contributed by atoms with Gasteiger partial charge in [0.15, 0.2) is 0 Å². The first-order valence-corrected chi connectivity index (χ1v) is 30.1. The Kier molecular flexibility index (Phi) is 10.7. The molecule has 0 N–H and O–H groups in total. The topological polar surface area (TPSA) is 38.7 Å². The van der Waals surface area contributed by atoms with Gasteiger partial charge in [-0.15, -0.1) is 11.3 Å². The van der Waals surface area contributed by atoms with E-state index in [1.165, 1.54) is 151 Å². The summed E-state index contributed by atoms with van der Waals surface area (Å²) in [4.78, 5) is 14.9. The number of hydrogen-bond acceptors (Lipinski definition) is 4. The van der Waals surface area contributed by atoms with Crippen molar-refractivity contribution in [2.24, 2.45) is 0 Å². The van der Waals surface area contributed by atoms with E-state index in [4.69, 9.17) is 15.0 Å². The Bertz CT molecular complexity index is 5710. The molecule has 0 radical (unpaired) electrons. The Balaban J connectivity index is 0.739. The lowest BCUT2D eigenvalue weighted by Crippen LogP contribution is -2.00. The van der Waals surface area contributed by atoms with Gasteiger partial charge in [0.2, 0.25) is 0 Å². The molecule has 0 aliphatic heterocycles. The number of allylic oxidation sites excluding steroid dienone is 1. The third kappa shape index (κ3) is 7.62. The molecule has 394 valence electrons. The van der Waals surface area contributed by atoms with E-state index in [-0.39, 0.29) is 0 Å². The summed E-state index contributed by atoms with van der Waals surface area (Å²) in [5.74, 6) is 0. The van der Waals surface area contributed by atoms with Crippen LogP contribution in [-0.2, 0) is 6.42 Å². The lowest BCUT2D eigenvalue weighted by molar-refractivity contribution is 0.993. The highest BCUT2D eigenvalue weighted by molar-refractivity contribution is 7.26. The van der Waals surface area contributed by atoms with Crippen LogP contribution in [0.25, 0.3) is 180 Å². The molecule has 0 bridgehead atoms. The molecule has 18 rings (SSSR count). The number of fused-ring (bicyclic) bond motifs is 21. The zero-order valence-corrected chi connectivity index (χ0v) is 47.0. The van der Waals surface area contributed by atoms with Gasteiger partial charge in [0, 0.05) is 60.7 Å². The smallest absolute Gasteiger partial charge is 0.0968 e. The quantitative estimate of drug-likeness (QED) is 0.156. The first kappa shape index (κ1) is 47.9. The van der Waals surface area contributed by atoms with Crippen molar-refractivity contribution in [3.05, 3.63) is 278 Å². The summed E-state index contributed by atoms with van der Waals surface area (Å²) >= 11 is 1.88. The van der Waals surface area contributed by atoms with E-state index in [0.717, 1.165) is 46.1 Å². The molecule has 0 spiro atoms. The Hall–Kier alpha value is -10.7. The maximum Gasteiger partial charge on any atom is 0.0968 e. The number of nitrogens with zero attached hydrogens (tertiary/aromatic N) is 3. The number of thiophene rings is 1. The molecule has 0 unspecified atom stereocenters. The molecule has 1 aliphatic rings. The highest BCUT2D eigenvalue weighted by Gasteiger charge is 2.20. The van der Waals surface area contributed by atoms with Crippen molar-refractivity contribution in [1.29, 1.82) is 0 Å². The number of pyridine rings is 1. The Morgan fingerprint density at radius 3 is 1.41 bits per heavy atom. The van der Waals surface area contributed by atoms with Crippen LogP contribution in [0.4, 0.5) is 0 Å². The normalized spacial score (nSPS) is 12.6. The van der Waals surface area contributed by atoms with Crippen LogP contribution in [0, 0.1) is 0 Å². The summed E-state index contributed by atoms with van der Waals surface area (Å²) in [5, 5.41) is 19.8. The molecule has 17 aromatic rings. The second-order valence-electron chi connectivity index (χ2n) is 22.9. The number of hydrogen-bond donors (Lipinski definition) is 0. The second kappa shape index (κ2) is 18.9. The maximum absolute atomic E-state index is 5.13. The van der Waals surface area contributed by atoms with Gasteiger partial charge in [-0.05, 0) is 199 Å². The van der Waals surface area contributed by atoms with Gasteiger partial charge in [-0.1, -0.05) is 194 Å². The van der Waals surface area contributed by atoms with Gasteiger partial charge in [0.25, 0.3) is 0 Å². The first-order chi connectivity index (χ1) is 42.1. The minimum absolute atomic E-state index is 0.964. The van der Waals surface area contributed by atoms with Crippen molar-refractivity contribution in [2.45, 2.75) is 12.8 Å². The van der Waals surface area contributed by atoms with Crippen LogP contribution in [0.3, 0.4) is 0 Å². The van der Waals surface area contributed by atoms with E-state index >= 15 is 0 Å². The Morgan fingerprint density at radius 2 is 0.753 bits per heavy atom. The van der Waals surface area contributed by atoms with Crippen LogP contribution in [0.5, 0.6) is 0 Å². The third-order valence-electron chi connectivity index (χ3n) is 18.2. The van der Waals surface area contributed by atoms with Crippen molar-refractivity contribution in [2.75, 3.05) is 0 Å². The van der Waals surface area contributed by atoms with Crippen molar-refractivity contribution < 1.29 is 0 Å². The number of aryl methyl sites for hydroxylation is 1. The molecule has 3 heterocycles. The maximum atomic E-state index is 5.13. The predicted molar refractivity (Wildman–Crippen MR) is 363 cm³/mol. The highest BCUT2D eigenvalue weighted by Crippen LogP contribution is 2.46. The van der Waals surface area contributed by atoms with E-state index < -0.39 is 0 Å². The number of aromatic nitrogens is 3. The van der Waals surface area contributed by atoms with Gasteiger partial charge >= 0.3 is 0 Å². The molecule has 0 amide bonds. The largest absolute Gasteiger partial charge is 0.256 e. The van der Waals surface area contributed by atoms with Gasteiger partial charge in [0.05, 0.1) is 16.7 Å². The molecule has 0 fully saturated rings. The zero-order chi connectivity index (χ0) is 55.7. The van der Waals surface area contributed by atoms with Gasteiger partial charge in [0.1, 0.15) is 0 Å². The van der Waals surface area contributed by atoms with E-state index in [9.17, 15) is 0 Å². The molecule has 0 atom stereocenters. The third-order valence-corrected chi connectivity index (χ3v) is 19.4. The summed E-state index contributed by atoms with van der Waals surface area (Å²) in [6.45, 7) is 0. The lowest BCUT2D eigenvalue weighted by Gasteiger charge is -2.17. The SMILES string of the molecule is C1=Cc2c(c3nccnc3c3cc(-c4cccc(-c5ccc6c(c5)c5ccccc5c5ccc(-c7cc(-c8cccc(-c9cccc(-c%10cc%11c%12ccccc%12c%12ccccc%12c%11cn%10)c9)c8)c8sc9ccccc9c8c7)cc56)c4)ccc23)CC1. The van der Waals surface area contributed by atoms with Gasteiger partial charge in [-0.25, -0.2) is 0 Å². The van der Waals surface area contributed by atoms with Crippen molar-refractivity contribution in [3.8, 4) is 66.9 Å². The van der Waals surface area contributed by atoms with Crippen molar-refractivity contribution >= 4 is 124 Å². The van der Waals surface area contributed by atoms with E-state index in [1.54, 1.807) is 0 Å². The molecule has 4 heteroatoms. The monoisotopic (exact) mass is 1100 g/mol. The standard InChI is InChI=1S/C81H49N3S/c1-5-25-63-58(20-1)59-21-3-6-26-64(59)76-47-84-77(46-73(63)76)56-19-13-17-51(40-56)50-16-12-18-55(39-50)70-44-57(45-75-68-27-9-10-29-78(68)85-81(70)75)54-32-33-65-60-22-2-4-24-62(60)71-41-52(31-35-67(71)72(65)42-54)48-14-11-15-49(38-48)53-30-34-66-61-23-7-8-28-69(61)79-80(74(66)43-53)83-37-36-82-79/h1-7,9-27,29-47H,8,28H2. The predicted octanol–water partition coefficient (Wildman–Crippen LogP) is 22.4. The van der Waals surface area contributed by atoms with Gasteiger partial charge in [-0.2, -0.15) is 0 Å². The van der Waals surface area contributed by atoms with Crippen LogP contribution in [0.2, 0.25) is 0 Å². The molecule has 0 saturated heterocycles. The number of benzene rings is 14. The molecule has 3 nitrogen and oxygen atoms in total. The fourth-order valence-corrected chi connectivity index (χ4v) is 15.4. The average Bonchev–Trinajstić information content (AvgIpc) is 2.97. The summed E-state index contributed by atoms with van der Waals surface area (Å²) in [7, 11) is 0. The fraction of sp³-hybridized carbons (Fsp3) is 0.0247. The van der Waals surface area contributed by atoms with Crippen LogP contribution in [0.1, 0.15) is 17.5 Å². The average molecular weight is 1100 g/mol. The molecule has 1 aliphatic carbocycles. The van der Waals surface area contributed by atoms with Crippen molar-refractivity contribution in [3.63, 3.8) is 0 Å². The lowest BCUT2D eigenvalue weighted by atomic mass is 9.88. The van der Waals surface area contributed by atoms with E-state index in [1.807, 2.05) is 23.7 Å². The van der Waals surface area contributed by atoms with Gasteiger partial charge in [-0.3, -0.25) is 15.0 Å². The van der Waals surface area contributed by atoms with E-state index in [0.29, 0.717) is 0 Å². The molecule has 3 aromatic heterocycles. The zero-order valence-electron chi connectivity index (χ0n) is 46.1. The summed E-state index contributed by atoms with van der Waals surface area (Å²) < 4.78 is 2.58. The van der Waals surface area contributed by atoms with Crippen LogP contribution < -0.4 is 0 Å². The van der Waals surface area contributed by atoms with E-state index in [2.05, 4.69) is 261 Å². The molecule has 85 heavy (non-hydrogen) atoms. The van der Waals surface area contributed by atoms with Crippen LogP contribution in [0.15, 0.2) is 267 Å². The van der Waals surface area contributed by atoms with Crippen molar-refractivity contribution in [1.82, 2.24) is 15.0 Å². The van der Waals surface area contributed by atoms with Crippen LogP contribution in [-0.4, -0.2) is 15.0 Å². The van der Waals surface area contributed by atoms with Gasteiger partial charge < -0.3 is 0 Å². The highest BCUT2D eigenvalue weighted by atomic mass is 32.1. The molecule has 14 aromatic carbocycles. The van der Waals surface area contributed by atoms with Crippen LogP contribution >= 0.6 is 11.3 Å². The Morgan fingerprint density at radius 1 is 0.294 bits per heavy atom. The fourth-order valence-electron chi connectivity index (χ4n) is 14.2. The summed E-state index contributed by atoms with van der Waals surface area (Å²) in [5.41, 5.74) is 18.5. The Labute approximate surface area is 494 Å². The minimum atomic E-state index is 0.964. The number of rotatable bonds is 6. The molecular formula is C81H49N3S. The first-order valence-electron chi connectivity index (χ1n) is 29.3. The summed E-state index contributed by atoms with van der Waals surface area (Å²) in [6.07, 6.45) is 12.3. The summed E-state index contributed by atoms with van der Waals surface area (Å²) in [6, 6.07) is 90.5. The molecular weight excluding hydrogens is 1050 g/mol. The second-order valence-corrected chi connectivity index (χ2v) is 23.9. The molecule has 0 saturated carbocycles.